The molecule has 3 heterocycles. The number of hydrogen-bond acceptors (Lipinski definition) is 5. The van der Waals surface area contributed by atoms with E-state index in [1.54, 1.807) is 0 Å². The molecule has 3 N–H and O–H groups in total. The van der Waals surface area contributed by atoms with Gasteiger partial charge < -0.3 is 20.4 Å². The summed E-state index contributed by atoms with van der Waals surface area (Å²) in [6.07, 6.45) is 6.56. The Hall–Kier alpha value is -2.67. The van der Waals surface area contributed by atoms with E-state index in [0.717, 1.165) is 49.9 Å². The third-order valence-corrected chi connectivity index (χ3v) is 5.57. The highest BCUT2D eigenvalue weighted by Crippen LogP contribution is 2.28. The van der Waals surface area contributed by atoms with Crippen molar-refractivity contribution in [2.24, 2.45) is 0 Å². The molecule has 0 bridgehead atoms. The fourth-order valence-corrected chi connectivity index (χ4v) is 3.96. The molecule has 1 amide bonds. The molecule has 0 radical (unpaired) electrons. The molecule has 0 aliphatic carbocycles. The number of nitrogens with one attached hydrogen (secondary N) is 1. The molecule has 1 atom stereocenters. The lowest BCUT2D eigenvalue weighted by atomic mass is 10.2. The van der Waals surface area contributed by atoms with Crippen LogP contribution in [-0.4, -0.2) is 39.7 Å². The van der Waals surface area contributed by atoms with Crippen LogP contribution in [-0.2, 0) is 11.3 Å². The molecule has 0 saturated carbocycles. The molecule has 1 aliphatic heterocycles. The topological polar surface area (TPSA) is 95.1 Å². The summed E-state index contributed by atoms with van der Waals surface area (Å²) >= 11 is 0. The first-order valence-corrected chi connectivity index (χ1v) is 10.6. The second kappa shape index (κ2) is 8.78. The van der Waals surface area contributed by atoms with E-state index in [-0.39, 0.29) is 12.0 Å². The van der Waals surface area contributed by atoms with Gasteiger partial charge in [0.05, 0.1) is 17.1 Å². The summed E-state index contributed by atoms with van der Waals surface area (Å²) in [6.45, 7) is 4.17. The van der Waals surface area contributed by atoms with E-state index in [9.17, 15) is 4.79 Å². The molecule has 1 aliphatic rings. The Balaban J connectivity index is 1.69. The van der Waals surface area contributed by atoms with Crippen molar-refractivity contribution in [1.29, 1.82) is 0 Å². The lowest BCUT2D eigenvalue weighted by Crippen LogP contribution is -2.32. The van der Waals surface area contributed by atoms with Crippen LogP contribution in [0.25, 0.3) is 22.2 Å². The summed E-state index contributed by atoms with van der Waals surface area (Å²) in [5, 5.41) is 2.99. The number of aromatic nitrogens is 3. The van der Waals surface area contributed by atoms with Crippen LogP contribution < -0.4 is 11.1 Å². The number of nitrogens with zero attached hydrogens (tertiary/aromatic N) is 3. The predicted molar refractivity (Wildman–Crippen MR) is 115 cm³/mol. The molecular formula is C22H29N5O2. The maximum absolute atomic E-state index is 13.0. The molecule has 1 saturated heterocycles. The van der Waals surface area contributed by atoms with Crippen LogP contribution in [0.3, 0.4) is 0 Å². The lowest BCUT2D eigenvalue weighted by Gasteiger charge is -2.11. The van der Waals surface area contributed by atoms with Crippen molar-refractivity contribution in [2.45, 2.75) is 58.1 Å². The first-order valence-electron chi connectivity index (χ1n) is 10.6. The molecule has 7 heteroatoms. The molecule has 29 heavy (non-hydrogen) atoms. The Labute approximate surface area is 170 Å². The summed E-state index contributed by atoms with van der Waals surface area (Å²) < 4.78 is 7.57. The van der Waals surface area contributed by atoms with Gasteiger partial charge in [-0.05, 0) is 31.4 Å². The zero-order valence-electron chi connectivity index (χ0n) is 17.0. The van der Waals surface area contributed by atoms with E-state index in [4.69, 9.17) is 20.4 Å². The van der Waals surface area contributed by atoms with Gasteiger partial charge in [-0.25, -0.2) is 9.97 Å². The van der Waals surface area contributed by atoms with Gasteiger partial charge in [0.2, 0.25) is 0 Å². The van der Waals surface area contributed by atoms with Crippen molar-refractivity contribution in [3.05, 3.63) is 29.8 Å². The quantitative estimate of drug-likeness (QED) is 0.568. The monoisotopic (exact) mass is 395 g/mol. The number of amides is 1. The van der Waals surface area contributed by atoms with Crippen molar-refractivity contribution >= 4 is 33.9 Å². The van der Waals surface area contributed by atoms with Crippen LogP contribution >= 0.6 is 0 Å². The average Bonchev–Trinajstić information content (AvgIpc) is 3.34. The number of carbonyl (C=O) groups is 1. The Morgan fingerprint density at radius 3 is 2.76 bits per heavy atom. The number of rotatable bonds is 8. The Kier molecular flexibility index (Phi) is 5.94. The van der Waals surface area contributed by atoms with Gasteiger partial charge in [0, 0.05) is 19.7 Å². The van der Waals surface area contributed by atoms with E-state index < -0.39 is 0 Å². The second-order valence-corrected chi connectivity index (χ2v) is 7.70. The summed E-state index contributed by atoms with van der Waals surface area (Å²) in [6, 6.07) is 7.70. The minimum atomic E-state index is -0.208. The van der Waals surface area contributed by atoms with Crippen LogP contribution in [0.15, 0.2) is 24.3 Å². The highest BCUT2D eigenvalue weighted by atomic mass is 16.5. The average molecular weight is 396 g/mol. The summed E-state index contributed by atoms with van der Waals surface area (Å²) in [4.78, 5) is 22.6. The van der Waals surface area contributed by atoms with Gasteiger partial charge in [0.25, 0.3) is 5.91 Å². The fourth-order valence-electron chi connectivity index (χ4n) is 3.96. The number of fused-ring (bicyclic) bond motifs is 2. The Morgan fingerprint density at radius 1 is 1.24 bits per heavy atom. The van der Waals surface area contributed by atoms with E-state index in [2.05, 4.69) is 12.2 Å². The number of unbranched alkanes of at least 4 members (excludes halogenated alkanes) is 3. The number of benzene rings is 1. The fraction of sp³-hybridized carbons (Fsp3) is 0.500. The van der Waals surface area contributed by atoms with Crippen molar-refractivity contribution in [2.75, 3.05) is 18.9 Å². The van der Waals surface area contributed by atoms with Crippen molar-refractivity contribution < 1.29 is 9.53 Å². The highest BCUT2D eigenvalue weighted by Gasteiger charge is 2.25. The van der Waals surface area contributed by atoms with Gasteiger partial charge >= 0.3 is 0 Å². The number of anilines is 1. The zero-order valence-corrected chi connectivity index (χ0v) is 17.0. The number of nitrogen functional groups attached to an aromatic ring is 1. The third-order valence-electron chi connectivity index (χ3n) is 5.57. The molecule has 7 nitrogen and oxygen atoms in total. The predicted octanol–water partition coefficient (Wildman–Crippen LogP) is 3.66. The van der Waals surface area contributed by atoms with Crippen molar-refractivity contribution in [1.82, 2.24) is 19.9 Å². The largest absolute Gasteiger partial charge is 0.384 e. The van der Waals surface area contributed by atoms with Gasteiger partial charge in [-0.2, -0.15) is 0 Å². The number of nitrogens with two attached hydrogens (primary N) is 1. The number of para-hydroxylation sites is 2. The van der Waals surface area contributed by atoms with E-state index in [1.807, 2.05) is 28.8 Å². The van der Waals surface area contributed by atoms with E-state index in [1.165, 1.54) is 12.8 Å². The van der Waals surface area contributed by atoms with Gasteiger partial charge in [0.15, 0.2) is 5.65 Å². The zero-order chi connectivity index (χ0) is 20.2. The van der Waals surface area contributed by atoms with Crippen LogP contribution in [0.1, 0.15) is 55.8 Å². The Bertz CT molecular complexity index is 1010. The van der Waals surface area contributed by atoms with Gasteiger partial charge in [-0.3, -0.25) is 4.79 Å². The minimum absolute atomic E-state index is 0.0782. The third kappa shape index (κ3) is 4.05. The molecular weight excluding hydrogens is 366 g/mol. The normalized spacial score (nSPS) is 16.7. The number of aryl methyl sites for hydroxylation is 1. The summed E-state index contributed by atoms with van der Waals surface area (Å²) in [5.74, 6) is 0.233. The molecule has 154 valence electrons. The highest BCUT2D eigenvalue weighted by molar-refractivity contribution is 6.10. The first kappa shape index (κ1) is 19.6. The number of carbonyl (C=O) groups excluding carboxylic acids is 1. The molecule has 0 spiro atoms. The van der Waals surface area contributed by atoms with Crippen LogP contribution in [0.2, 0.25) is 0 Å². The Morgan fingerprint density at radius 2 is 2.03 bits per heavy atom. The first-order chi connectivity index (χ1) is 14.2. The number of hydrogen-bond donors (Lipinski definition) is 2. The van der Waals surface area contributed by atoms with Crippen LogP contribution in [0, 0.1) is 0 Å². The maximum atomic E-state index is 13.0. The van der Waals surface area contributed by atoms with E-state index in [0.29, 0.717) is 29.1 Å². The molecule has 2 aromatic heterocycles. The van der Waals surface area contributed by atoms with Gasteiger partial charge in [-0.1, -0.05) is 38.3 Å². The SMILES string of the molecule is CCCCCCn1c(N)c(C(=O)NC[C@H]2CCCO2)c2nc3ccccc3nc21. The second-order valence-electron chi connectivity index (χ2n) is 7.70. The molecule has 1 aromatic carbocycles. The van der Waals surface area contributed by atoms with Crippen molar-refractivity contribution in [3.63, 3.8) is 0 Å². The smallest absolute Gasteiger partial charge is 0.257 e. The van der Waals surface area contributed by atoms with Gasteiger partial charge in [-0.15, -0.1) is 0 Å². The number of ether oxygens (including phenoxy) is 1. The lowest BCUT2D eigenvalue weighted by molar-refractivity contribution is 0.0859. The minimum Gasteiger partial charge on any atom is -0.384 e. The maximum Gasteiger partial charge on any atom is 0.257 e. The van der Waals surface area contributed by atoms with Crippen LogP contribution in [0.5, 0.6) is 0 Å². The standard InChI is InChI=1S/C22H29N5O2/c1-2-3-4-7-12-27-20(23)18(22(28)24-14-15-9-8-13-29-15)19-21(27)26-17-11-6-5-10-16(17)25-19/h5-6,10-11,15H,2-4,7-9,12-14,23H2,1H3,(H,24,28)/t15-/m1/s1. The van der Waals surface area contributed by atoms with Gasteiger partial charge in [0.1, 0.15) is 16.9 Å². The molecule has 1 fully saturated rings. The summed E-state index contributed by atoms with van der Waals surface area (Å²) in [5.41, 5.74) is 9.71. The van der Waals surface area contributed by atoms with E-state index >= 15 is 0 Å². The molecule has 3 aromatic rings. The van der Waals surface area contributed by atoms with Crippen LogP contribution in [0.4, 0.5) is 5.82 Å². The molecule has 4 rings (SSSR count). The molecule has 0 unspecified atom stereocenters. The summed E-state index contributed by atoms with van der Waals surface area (Å²) in [7, 11) is 0. The van der Waals surface area contributed by atoms with Crippen molar-refractivity contribution in [3.8, 4) is 0 Å².